The fourth-order valence-electron chi connectivity index (χ4n) is 2.80. The number of benzene rings is 1. The minimum atomic E-state index is -0.190. The number of methoxy groups -OCH3 is 1. The lowest BCUT2D eigenvalue weighted by molar-refractivity contribution is 0.0938. The summed E-state index contributed by atoms with van der Waals surface area (Å²) in [6, 6.07) is 5.04. The predicted octanol–water partition coefficient (Wildman–Crippen LogP) is 1.42. The Labute approximate surface area is 119 Å². The highest BCUT2D eigenvalue weighted by atomic mass is 16.5. The van der Waals surface area contributed by atoms with Crippen LogP contribution < -0.4 is 15.8 Å². The van der Waals surface area contributed by atoms with Gasteiger partial charge in [-0.25, -0.2) is 0 Å². The number of anilines is 1. The Morgan fingerprint density at radius 2 is 2.20 bits per heavy atom. The third-order valence-corrected chi connectivity index (χ3v) is 4.08. The Morgan fingerprint density at radius 3 is 2.90 bits per heavy atom. The van der Waals surface area contributed by atoms with Crippen LogP contribution in [-0.2, 0) is 0 Å². The summed E-state index contributed by atoms with van der Waals surface area (Å²) >= 11 is 0. The minimum absolute atomic E-state index is 0.190. The summed E-state index contributed by atoms with van der Waals surface area (Å²) in [7, 11) is 1.55. The molecule has 20 heavy (non-hydrogen) atoms. The van der Waals surface area contributed by atoms with Crippen LogP contribution in [0.1, 0.15) is 29.6 Å². The number of ether oxygens (including phenoxy) is 1. The third kappa shape index (κ3) is 3.22. The Hall–Kier alpha value is -1.75. The minimum Gasteiger partial charge on any atom is -0.497 e. The van der Waals surface area contributed by atoms with E-state index < -0.39 is 0 Å². The number of rotatable bonds is 5. The van der Waals surface area contributed by atoms with E-state index in [-0.39, 0.29) is 12.5 Å². The van der Waals surface area contributed by atoms with Gasteiger partial charge in [0.15, 0.2) is 0 Å². The van der Waals surface area contributed by atoms with Crippen LogP contribution in [0, 0.1) is 11.8 Å². The van der Waals surface area contributed by atoms with Gasteiger partial charge in [0.1, 0.15) is 5.75 Å². The SMILES string of the molecule is COc1ccc(N)c(C(=O)NCC2CCCC2CO)c1. The number of nitrogen functional groups attached to an aromatic ring is 1. The molecule has 1 aromatic carbocycles. The second kappa shape index (κ2) is 6.61. The van der Waals surface area contributed by atoms with Crippen molar-refractivity contribution in [2.75, 3.05) is 26.0 Å². The van der Waals surface area contributed by atoms with Crippen molar-refractivity contribution < 1.29 is 14.6 Å². The summed E-state index contributed by atoms with van der Waals surface area (Å²) < 4.78 is 5.10. The van der Waals surface area contributed by atoms with Crippen molar-refractivity contribution >= 4 is 11.6 Å². The molecular weight excluding hydrogens is 256 g/mol. The van der Waals surface area contributed by atoms with E-state index in [1.54, 1.807) is 25.3 Å². The molecule has 1 aliphatic rings. The number of nitrogens with one attached hydrogen (secondary N) is 1. The van der Waals surface area contributed by atoms with Crippen LogP contribution in [0.3, 0.4) is 0 Å². The largest absolute Gasteiger partial charge is 0.497 e. The maximum Gasteiger partial charge on any atom is 0.253 e. The number of hydrogen-bond donors (Lipinski definition) is 3. The number of nitrogens with two attached hydrogens (primary N) is 1. The molecule has 2 rings (SSSR count). The fourth-order valence-corrected chi connectivity index (χ4v) is 2.80. The zero-order valence-corrected chi connectivity index (χ0v) is 11.8. The lowest BCUT2D eigenvalue weighted by atomic mass is 9.97. The molecule has 1 aliphatic carbocycles. The van der Waals surface area contributed by atoms with Crippen molar-refractivity contribution in [2.45, 2.75) is 19.3 Å². The monoisotopic (exact) mass is 278 g/mol. The molecule has 0 saturated heterocycles. The lowest BCUT2D eigenvalue weighted by Crippen LogP contribution is -2.32. The van der Waals surface area contributed by atoms with Gasteiger partial charge >= 0.3 is 0 Å². The first-order chi connectivity index (χ1) is 9.65. The average Bonchev–Trinajstić information content (AvgIpc) is 2.92. The zero-order valence-electron chi connectivity index (χ0n) is 11.8. The number of carbonyl (C=O) groups excluding carboxylic acids is 1. The predicted molar refractivity (Wildman–Crippen MR) is 77.7 cm³/mol. The van der Waals surface area contributed by atoms with Gasteiger partial charge in [-0.3, -0.25) is 4.79 Å². The molecule has 110 valence electrons. The smallest absolute Gasteiger partial charge is 0.253 e. The molecule has 0 spiro atoms. The highest BCUT2D eigenvalue weighted by Gasteiger charge is 2.27. The highest BCUT2D eigenvalue weighted by molar-refractivity contribution is 5.99. The maximum atomic E-state index is 12.2. The van der Waals surface area contributed by atoms with E-state index >= 15 is 0 Å². The van der Waals surface area contributed by atoms with Crippen LogP contribution in [0.25, 0.3) is 0 Å². The van der Waals surface area contributed by atoms with E-state index in [0.29, 0.717) is 35.4 Å². The van der Waals surface area contributed by atoms with Gasteiger partial charge in [-0.2, -0.15) is 0 Å². The van der Waals surface area contributed by atoms with E-state index in [0.717, 1.165) is 19.3 Å². The van der Waals surface area contributed by atoms with Crippen LogP contribution in [0.15, 0.2) is 18.2 Å². The van der Waals surface area contributed by atoms with Gasteiger partial charge in [0.05, 0.1) is 12.7 Å². The van der Waals surface area contributed by atoms with Gasteiger partial charge in [-0.1, -0.05) is 6.42 Å². The molecule has 0 bridgehead atoms. The molecule has 0 radical (unpaired) electrons. The number of hydrogen-bond acceptors (Lipinski definition) is 4. The Bertz CT molecular complexity index is 476. The molecule has 4 N–H and O–H groups in total. The molecule has 1 amide bonds. The fraction of sp³-hybridized carbons (Fsp3) is 0.533. The van der Waals surface area contributed by atoms with Crippen LogP contribution >= 0.6 is 0 Å². The topological polar surface area (TPSA) is 84.6 Å². The first kappa shape index (κ1) is 14.7. The first-order valence-corrected chi connectivity index (χ1v) is 6.98. The summed E-state index contributed by atoms with van der Waals surface area (Å²) in [5.74, 6) is 1.08. The van der Waals surface area contributed by atoms with Gasteiger partial charge in [-0.15, -0.1) is 0 Å². The molecule has 5 nitrogen and oxygen atoms in total. The van der Waals surface area contributed by atoms with E-state index in [1.165, 1.54) is 0 Å². The van der Waals surface area contributed by atoms with Crippen molar-refractivity contribution in [2.24, 2.45) is 11.8 Å². The van der Waals surface area contributed by atoms with E-state index in [2.05, 4.69) is 5.32 Å². The maximum absolute atomic E-state index is 12.2. The summed E-state index contributed by atoms with van der Waals surface area (Å²) in [4.78, 5) is 12.2. The lowest BCUT2D eigenvalue weighted by Gasteiger charge is -2.18. The quantitative estimate of drug-likeness (QED) is 0.711. The van der Waals surface area contributed by atoms with E-state index in [9.17, 15) is 9.90 Å². The molecule has 2 unspecified atom stereocenters. The molecular formula is C15H22N2O3. The van der Waals surface area contributed by atoms with Gasteiger partial charge < -0.3 is 20.9 Å². The number of amides is 1. The van der Waals surface area contributed by atoms with Crippen molar-refractivity contribution in [3.63, 3.8) is 0 Å². The van der Waals surface area contributed by atoms with Gasteiger partial charge in [-0.05, 0) is 42.9 Å². The molecule has 5 heteroatoms. The zero-order chi connectivity index (χ0) is 14.5. The number of aliphatic hydroxyl groups excluding tert-OH is 1. The summed E-state index contributed by atoms with van der Waals surface area (Å²) in [6.07, 6.45) is 3.21. The highest BCUT2D eigenvalue weighted by Crippen LogP contribution is 2.30. The molecule has 2 atom stereocenters. The Balaban J connectivity index is 1.98. The molecule has 1 saturated carbocycles. The van der Waals surface area contributed by atoms with Crippen LogP contribution in [-0.4, -0.2) is 31.3 Å². The molecule has 1 fully saturated rings. The second-order valence-electron chi connectivity index (χ2n) is 5.30. The van der Waals surface area contributed by atoms with Crippen molar-refractivity contribution in [1.82, 2.24) is 5.32 Å². The first-order valence-electron chi connectivity index (χ1n) is 6.98. The molecule has 1 aromatic rings. The molecule has 0 aliphatic heterocycles. The van der Waals surface area contributed by atoms with Gasteiger partial charge in [0, 0.05) is 18.8 Å². The van der Waals surface area contributed by atoms with E-state index in [4.69, 9.17) is 10.5 Å². The average molecular weight is 278 g/mol. The third-order valence-electron chi connectivity index (χ3n) is 4.08. The number of carbonyl (C=O) groups is 1. The standard InChI is InChI=1S/C15H22N2O3/c1-20-12-5-6-14(16)13(7-12)15(19)17-8-10-3-2-4-11(10)9-18/h5-7,10-11,18H,2-4,8-9,16H2,1H3,(H,17,19). The summed E-state index contributed by atoms with van der Waals surface area (Å²) in [5, 5.41) is 12.2. The van der Waals surface area contributed by atoms with Gasteiger partial charge in [0.2, 0.25) is 0 Å². The van der Waals surface area contributed by atoms with Crippen molar-refractivity contribution in [1.29, 1.82) is 0 Å². The number of aliphatic hydroxyl groups is 1. The normalized spacial score (nSPS) is 21.7. The van der Waals surface area contributed by atoms with Gasteiger partial charge in [0.25, 0.3) is 5.91 Å². The van der Waals surface area contributed by atoms with E-state index in [1.807, 2.05) is 0 Å². The Morgan fingerprint density at radius 1 is 1.45 bits per heavy atom. The van der Waals surface area contributed by atoms with Crippen LogP contribution in [0.4, 0.5) is 5.69 Å². The van der Waals surface area contributed by atoms with Crippen LogP contribution in [0.5, 0.6) is 5.75 Å². The van der Waals surface area contributed by atoms with Crippen molar-refractivity contribution in [3.8, 4) is 5.75 Å². The Kier molecular flexibility index (Phi) is 4.84. The second-order valence-corrected chi connectivity index (χ2v) is 5.30. The summed E-state index contributed by atoms with van der Waals surface area (Å²) in [5.41, 5.74) is 6.70. The van der Waals surface area contributed by atoms with Crippen molar-refractivity contribution in [3.05, 3.63) is 23.8 Å². The molecule has 0 aromatic heterocycles. The molecule has 0 heterocycles. The summed E-state index contributed by atoms with van der Waals surface area (Å²) in [6.45, 7) is 0.780. The van der Waals surface area contributed by atoms with Crippen LogP contribution in [0.2, 0.25) is 0 Å².